The third-order valence-corrected chi connectivity index (χ3v) is 3.34. The molecule has 0 aliphatic heterocycles. The summed E-state index contributed by atoms with van der Waals surface area (Å²) in [5.41, 5.74) is -0.134. The van der Waals surface area contributed by atoms with E-state index < -0.39 is 0 Å². The molecular formula is C15H34N2O2. The van der Waals surface area contributed by atoms with Crippen LogP contribution in [0.1, 0.15) is 47.0 Å². The molecule has 0 amide bonds. The maximum absolute atomic E-state index is 9.48. The minimum Gasteiger partial charge on any atom is -0.394 e. The Morgan fingerprint density at radius 2 is 2.00 bits per heavy atom. The van der Waals surface area contributed by atoms with Crippen LogP contribution in [0, 0.1) is 0 Å². The van der Waals surface area contributed by atoms with Gasteiger partial charge >= 0.3 is 0 Å². The van der Waals surface area contributed by atoms with Crippen molar-refractivity contribution < 1.29 is 9.84 Å². The number of ether oxygens (including phenoxy) is 1. The van der Waals surface area contributed by atoms with Crippen LogP contribution < -0.4 is 5.32 Å². The summed E-state index contributed by atoms with van der Waals surface area (Å²) >= 11 is 0. The van der Waals surface area contributed by atoms with E-state index in [1.54, 1.807) is 0 Å². The van der Waals surface area contributed by atoms with Crippen molar-refractivity contribution in [1.82, 2.24) is 10.2 Å². The second-order valence-corrected chi connectivity index (χ2v) is 5.97. The number of rotatable bonds is 12. The third-order valence-electron chi connectivity index (χ3n) is 3.34. The minimum atomic E-state index is -0.134. The fourth-order valence-electron chi connectivity index (χ4n) is 1.95. The second kappa shape index (κ2) is 10.6. The first-order chi connectivity index (χ1) is 8.93. The molecular weight excluding hydrogens is 240 g/mol. The molecule has 0 spiro atoms. The van der Waals surface area contributed by atoms with E-state index in [0.29, 0.717) is 6.10 Å². The quantitative estimate of drug-likeness (QED) is 0.570. The van der Waals surface area contributed by atoms with Crippen molar-refractivity contribution in [2.75, 3.05) is 39.9 Å². The van der Waals surface area contributed by atoms with E-state index in [0.717, 1.165) is 45.5 Å². The highest BCUT2D eigenvalue weighted by molar-refractivity contribution is 4.82. The molecule has 0 saturated heterocycles. The molecule has 4 heteroatoms. The molecule has 2 N–H and O–H groups in total. The predicted molar refractivity (Wildman–Crippen MR) is 81.6 cm³/mol. The highest BCUT2D eigenvalue weighted by Crippen LogP contribution is 2.12. The summed E-state index contributed by atoms with van der Waals surface area (Å²) in [6.07, 6.45) is 3.50. The van der Waals surface area contributed by atoms with Crippen molar-refractivity contribution in [3.8, 4) is 0 Å². The number of nitrogens with one attached hydrogen (secondary N) is 1. The fraction of sp³-hybridized carbons (Fsp3) is 1.00. The molecule has 116 valence electrons. The molecule has 4 nitrogen and oxygen atoms in total. The molecule has 0 radical (unpaired) electrons. The summed E-state index contributed by atoms with van der Waals surface area (Å²) in [5, 5.41) is 12.9. The van der Waals surface area contributed by atoms with Gasteiger partial charge in [-0.05, 0) is 60.2 Å². The van der Waals surface area contributed by atoms with Crippen molar-refractivity contribution in [3.63, 3.8) is 0 Å². The first kappa shape index (κ1) is 18.8. The van der Waals surface area contributed by atoms with E-state index in [9.17, 15) is 5.11 Å². The maximum atomic E-state index is 9.48. The molecule has 0 aliphatic rings. The van der Waals surface area contributed by atoms with Crippen molar-refractivity contribution >= 4 is 0 Å². The summed E-state index contributed by atoms with van der Waals surface area (Å²) in [6.45, 7) is 12.3. The topological polar surface area (TPSA) is 44.7 Å². The summed E-state index contributed by atoms with van der Waals surface area (Å²) in [7, 11) is 2.12. The van der Waals surface area contributed by atoms with E-state index >= 15 is 0 Å². The van der Waals surface area contributed by atoms with Crippen molar-refractivity contribution in [3.05, 3.63) is 0 Å². The lowest BCUT2D eigenvalue weighted by atomic mass is 9.96. The van der Waals surface area contributed by atoms with Gasteiger partial charge in [-0.2, -0.15) is 0 Å². The molecule has 1 unspecified atom stereocenters. The third kappa shape index (κ3) is 10.3. The van der Waals surface area contributed by atoms with Gasteiger partial charge in [0.25, 0.3) is 0 Å². The van der Waals surface area contributed by atoms with Crippen molar-refractivity contribution in [2.24, 2.45) is 0 Å². The lowest BCUT2D eigenvalue weighted by molar-refractivity contribution is 0.0628. The van der Waals surface area contributed by atoms with Crippen molar-refractivity contribution in [2.45, 2.75) is 58.6 Å². The summed E-state index contributed by atoms with van der Waals surface area (Å²) in [5.74, 6) is 0. The van der Waals surface area contributed by atoms with Gasteiger partial charge in [0.2, 0.25) is 0 Å². The smallest absolute Gasteiger partial charge is 0.0610 e. The molecule has 0 aromatic carbocycles. The maximum Gasteiger partial charge on any atom is 0.0610 e. The van der Waals surface area contributed by atoms with Crippen LogP contribution in [0.15, 0.2) is 0 Å². The predicted octanol–water partition coefficient (Wildman–Crippen LogP) is 1.87. The SMILES string of the molecule is CCCNC(C)(CO)CCCN(C)CCOC(C)C. The molecule has 0 bridgehead atoms. The Bertz CT molecular complexity index is 212. The molecule has 0 saturated carbocycles. The molecule has 1 atom stereocenters. The van der Waals surface area contributed by atoms with Gasteiger partial charge in [-0.3, -0.25) is 0 Å². The largest absolute Gasteiger partial charge is 0.394 e. The van der Waals surface area contributed by atoms with E-state index in [2.05, 4.69) is 45.0 Å². The van der Waals surface area contributed by atoms with Crippen LogP contribution in [-0.4, -0.2) is 61.5 Å². The molecule has 19 heavy (non-hydrogen) atoms. The van der Waals surface area contributed by atoms with Gasteiger partial charge in [0.1, 0.15) is 0 Å². The lowest BCUT2D eigenvalue weighted by Crippen LogP contribution is -2.46. The van der Waals surface area contributed by atoms with Gasteiger partial charge in [0.05, 0.1) is 19.3 Å². The number of likely N-dealkylation sites (N-methyl/N-ethyl adjacent to an activating group) is 1. The molecule has 0 heterocycles. The lowest BCUT2D eigenvalue weighted by Gasteiger charge is -2.29. The van der Waals surface area contributed by atoms with E-state index in [-0.39, 0.29) is 12.1 Å². The summed E-state index contributed by atoms with van der Waals surface area (Å²) < 4.78 is 5.54. The molecule has 0 rings (SSSR count). The summed E-state index contributed by atoms with van der Waals surface area (Å²) in [4.78, 5) is 2.29. The Kier molecular flexibility index (Phi) is 10.5. The monoisotopic (exact) mass is 274 g/mol. The number of nitrogens with zero attached hydrogens (tertiary/aromatic N) is 1. The molecule has 0 aromatic heterocycles. The molecule has 0 fully saturated rings. The Balaban J connectivity index is 3.74. The van der Waals surface area contributed by atoms with Gasteiger partial charge in [-0.1, -0.05) is 6.92 Å². The summed E-state index contributed by atoms with van der Waals surface area (Å²) in [6, 6.07) is 0. The molecule has 0 aromatic rings. The van der Waals surface area contributed by atoms with Gasteiger partial charge in [-0.15, -0.1) is 0 Å². The number of aliphatic hydroxyl groups excluding tert-OH is 1. The van der Waals surface area contributed by atoms with Gasteiger partial charge in [-0.25, -0.2) is 0 Å². The Hall–Kier alpha value is -0.160. The van der Waals surface area contributed by atoms with Gasteiger partial charge in [0, 0.05) is 12.1 Å². The zero-order valence-corrected chi connectivity index (χ0v) is 13.5. The zero-order chi connectivity index (χ0) is 14.7. The fourth-order valence-corrected chi connectivity index (χ4v) is 1.95. The van der Waals surface area contributed by atoms with Crippen LogP contribution in [0.2, 0.25) is 0 Å². The Morgan fingerprint density at radius 3 is 2.53 bits per heavy atom. The van der Waals surface area contributed by atoms with Crippen LogP contribution >= 0.6 is 0 Å². The molecule has 0 aliphatic carbocycles. The first-order valence-electron chi connectivity index (χ1n) is 7.59. The van der Waals surface area contributed by atoms with Crippen LogP contribution in [0.4, 0.5) is 0 Å². The minimum absolute atomic E-state index is 0.134. The van der Waals surface area contributed by atoms with Crippen LogP contribution in [-0.2, 0) is 4.74 Å². The van der Waals surface area contributed by atoms with Gasteiger partial charge < -0.3 is 20.1 Å². The van der Waals surface area contributed by atoms with E-state index in [1.165, 1.54) is 0 Å². The van der Waals surface area contributed by atoms with Crippen LogP contribution in [0.3, 0.4) is 0 Å². The van der Waals surface area contributed by atoms with Crippen molar-refractivity contribution in [1.29, 1.82) is 0 Å². The first-order valence-corrected chi connectivity index (χ1v) is 7.59. The average Bonchev–Trinajstić information content (AvgIpc) is 2.36. The number of aliphatic hydroxyl groups is 1. The highest BCUT2D eigenvalue weighted by Gasteiger charge is 2.21. The van der Waals surface area contributed by atoms with Crippen LogP contribution in [0.5, 0.6) is 0 Å². The van der Waals surface area contributed by atoms with Gasteiger partial charge in [0.15, 0.2) is 0 Å². The van der Waals surface area contributed by atoms with E-state index in [4.69, 9.17) is 4.74 Å². The Labute approximate surface area is 119 Å². The normalized spacial score (nSPS) is 15.2. The number of hydrogen-bond acceptors (Lipinski definition) is 4. The van der Waals surface area contributed by atoms with E-state index in [1.807, 2.05) is 0 Å². The second-order valence-electron chi connectivity index (χ2n) is 5.97. The van der Waals surface area contributed by atoms with Crippen LogP contribution in [0.25, 0.3) is 0 Å². The zero-order valence-electron chi connectivity index (χ0n) is 13.5. The average molecular weight is 274 g/mol. The standard InChI is InChI=1S/C15H34N2O2/c1-6-9-16-15(4,13-18)8-7-10-17(5)11-12-19-14(2)3/h14,16,18H,6-13H2,1-5H3. The highest BCUT2D eigenvalue weighted by atomic mass is 16.5. The Morgan fingerprint density at radius 1 is 1.32 bits per heavy atom. The number of hydrogen-bond donors (Lipinski definition) is 2.